The Balaban J connectivity index is 1.63. The van der Waals surface area contributed by atoms with Crippen molar-refractivity contribution in [2.45, 2.75) is 18.9 Å². The third-order valence-corrected chi connectivity index (χ3v) is 5.41. The highest BCUT2D eigenvalue weighted by molar-refractivity contribution is 6.05. The fourth-order valence-electron chi connectivity index (χ4n) is 3.97. The van der Waals surface area contributed by atoms with Crippen LogP contribution in [0.5, 0.6) is 5.75 Å². The van der Waals surface area contributed by atoms with E-state index in [0.29, 0.717) is 17.7 Å². The Morgan fingerprint density at radius 1 is 1.39 bits per heavy atom. The Hall–Kier alpha value is -2.08. The summed E-state index contributed by atoms with van der Waals surface area (Å²) in [6, 6.07) is 5.93. The molecule has 0 unspecified atom stereocenters. The number of methoxy groups -OCH3 is 1. The largest absolute Gasteiger partial charge is 0.497 e. The van der Waals surface area contributed by atoms with E-state index in [1.165, 1.54) is 25.9 Å². The quantitative estimate of drug-likeness (QED) is 0.937. The molecule has 6 heteroatoms. The van der Waals surface area contributed by atoms with Gasteiger partial charge < -0.3 is 14.5 Å². The molecule has 1 aromatic heterocycles. The van der Waals surface area contributed by atoms with Crippen LogP contribution >= 0.6 is 0 Å². The summed E-state index contributed by atoms with van der Waals surface area (Å²) in [5.74, 6) is 1.34. The Labute approximate surface area is 135 Å². The first-order valence-corrected chi connectivity index (χ1v) is 8.19. The van der Waals surface area contributed by atoms with Crippen molar-refractivity contribution in [3.63, 3.8) is 0 Å². The summed E-state index contributed by atoms with van der Waals surface area (Å²) in [5, 5.41) is 8.03. The lowest BCUT2D eigenvalue weighted by Crippen LogP contribution is -2.57. The number of piperidine rings is 3. The fourth-order valence-corrected chi connectivity index (χ4v) is 3.97. The molecule has 122 valence electrons. The summed E-state index contributed by atoms with van der Waals surface area (Å²) < 4.78 is 5.27. The number of ether oxygens (including phenoxy) is 1. The van der Waals surface area contributed by atoms with Gasteiger partial charge in [-0.05, 0) is 50.0 Å². The van der Waals surface area contributed by atoms with Crippen LogP contribution in [0.4, 0.5) is 0 Å². The molecule has 1 atom stereocenters. The van der Waals surface area contributed by atoms with Crippen molar-refractivity contribution in [1.29, 1.82) is 0 Å². The number of nitrogens with one attached hydrogen (secondary N) is 1. The van der Waals surface area contributed by atoms with Crippen molar-refractivity contribution in [2.75, 3.05) is 33.8 Å². The maximum absolute atomic E-state index is 13.0. The highest BCUT2D eigenvalue weighted by atomic mass is 16.5. The number of hydrogen-bond donors (Lipinski definition) is 1. The van der Waals surface area contributed by atoms with Crippen molar-refractivity contribution in [3.05, 3.63) is 23.9 Å². The number of aromatic amines is 1. The van der Waals surface area contributed by atoms with Crippen LogP contribution in [0.15, 0.2) is 18.2 Å². The number of benzene rings is 1. The number of likely N-dealkylation sites (N-methyl/N-ethyl adjacent to an activating group) is 1. The standard InChI is InChI=1S/C17H22N4O2/c1-20(15-10-21-7-5-11(15)6-8-21)17(22)16-13-9-12(23-2)3-4-14(13)18-19-16/h3-4,9,11,15H,5-8,10H2,1-2H3,(H,18,19)/t15-/m0/s1. The summed E-state index contributed by atoms with van der Waals surface area (Å²) in [5.41, 5.74) is 1.34. The molecule has 2 aromatic rings. The maximum Gasteiger partial charge on any atom is 0.275 e. The van der Waals surface area contributed by atoms with Crippen LogP contribution in [0.3, 0.4) is 0 Å². The molecule has 3 saturated heterocycles. The van der Waals surface area contributed by atoms with Gasteiger partial charge in [0.15, 0.2) is 5.69 Å². The molecule has 6 nitrogen and oxygen atoms in total. The van der Waals surface area contributed by atoms with Gasteiger partial charge in [-0.25, -0.2) is 0 Å². The van der Waals surface area contributed by atoms with E-state index in [1.807, 2.05) is 30.1 Å². The Morgan fingerprint density at radius 2 is 2.17 bits per heavy atom. The van der Waals surface area contributed by atoms with E-state index in [1.54, 1.807) is 7.11 Å². The summed E-state index contributed by atoms with van der Waals surface area (Å²) >= 11 is 0. The number of fused-ring (bicyclic) bond motifs is 4. The molecule has 3 aliphatic rings. The molecule has 5 rings (SSSR count). The normalized spacial score (nSPS) is 26.4. The second kappa shape index (κ2) is 5.53. The third kappa shape index (κ3) is 2.37. The number of rotatable bonds is 3. The number of nitrogens with zero attached hydrogens (tertiary/aromatic N) is 3. The lowest BCUT2D eigenvalue weighted by molar-refractivity contribution is 0.0160. The number of H-pyrrole nitrogens is 1. The van der Waals surface area contributed by atoms with Crippen LogP contribution < -0.4 is 4.74 Å². The minimum absolute atomic E-state index is 0.0109. The van der Waals surface area contributed by atoms with Crippen molar-refractivity contribution in [2.24, 2.45) is 5.92 Å². The van der Waals surface area contributed by atoms with Gasteiger partial charge in [0.05, 0.1) is 12.6 Å². The molecule has 23 heavy (non-hydrogen) atoms. The summed E-state index contributed by atoms with van der Waals surface area (Å²) in [6.45, 7) is 3.33. The van der Waals surface area contributed by atoms with Crippen LogP contribution in [0.1, 0.15) is 23.3 Å². The van der Waals surface area contributed by atoms with Crippen LogP contribution in [0, 0.1) is 5.92 Å². The van der Waals surface area contributed by atoms with Crippen LogP contribution in [-0.4, -0.2) is 65.7 Å². The van der Waals surface area contributed by atoms with Crippen molar-refractivity contribution in [3.8, 4) is 5.75 Å². The SMILES string of the molecule is COc1ccc2[nH]nc(C(=O)N(C)[C@H]3CN4CCC3CC4)c2c1. The van der Waals surface area contributed by atoms with Crippen LogP contribution in [0.2, 0.25) is 0 Å². The summed E-state index contributed by atoms with van der Waals surface area (Å²) in [4.78, 5) is 17.3. The van der Waals surface area contributed by atoms with Gasteiger partial charge >= 0.3 is 0 Å². The van der Waals surface area contributed by atoms with Crippen molar-refractivity contribution >= 4 is 16.8 Å². The Kier molecular flexibility index (Phi) is 3.49. The maximum atomic E-state index is 13.0. The zero-order valence-electron chi connectivity index (χ0n) is 13.6. The average molecular weight is 314 g/mol. The second-order valence-electron chi connectivity index (χ2n) is 6.61. The predicted octanol–water partition coefficient (Wildman–Crippen LogP) is 1.74. The Bertz CT molecular complexity index is 733. The summed E-state index contributed by atoms with van der Waals surface area (Å²) in [6.07, 6.45) is 2.38. The van der Waals surface area contributed by atoms with Gasteiger partial charge in [-0.1, -0.05) is 0 Å². The molecule has 0 radical (unpaired) electrons. The zero-order valence-corrected chi connectivity index (χ0v) is 13.6. The lowest BCUT2D eigenvalue weighted by atomic mass is 9.83. The first kappa shape index (κ1) is 14.5. The van der Waals surface area contributed by atoms with Crippen LogP contribution in [-0.2, 0) is 0 Å². The van der Waals surface area contributed by atoms with Gasteiger partial charge in [-0.3, -0.25) is 9.89 Å². The highest BCUT2D eigenvalue weighted by Gasteiger charge is 2.38. The van der Waals surface area contributed by atoms with E-state index in [0.717, 1.165) is 23.2 Å². The monoisotopic (exact) mass is 314 g/mol. The van der Waals surface area contributed by atoms with Gasteiger partial charge in [0.1, 0.15) is 5.75 Å². The molecule has 0 saturated carbocycles. The fraction of sp³-hybridized carbons (Fsp3) is 0.529. The Morgan fingerprint density at radius 3 is 2.83 bits per heavy atom. The van der Waals surface area contributed by atoms with Crippen molar-refractivity contribution in [1.82, 2.24) is 20.0 Å². The molecule has 2 bridgehead atoms. The first-order chi connectivity index (χ1) is 11.2. The van der Waals surface area contributed by atoms with E-state index >= 15 is 0 Å². The minimum atomic E-state index is -0.0109. The van der Waals surface area contributed by atoms with Gasteiger partial charge in [-0.15, -0.1) is 0 Å². The molecule has 1 N–H and O–H groups in total. The van der Waals surface area contributed by atoms with Gasteiger partial charge in [-0.2, -0.15) is 5.10 Å². The molecular weight excluding hydrogens is 292 g/mol. The summed E-state index contributed by atoms with van der Waals surface area (Å²) in [7, 11) is 3.54. The number of carbonyl (C=O) groups excluding carboxylic acids is 1. The van der Waals surface area contributed by atoms with E-state index in [2.05, 4.69) is 15.1 Å². The smallest absolute Gasteiger partial charge is 0.275 e. The predicted molar refractivity (Wildman–Crippen MR) is 87.7 cm³/mol. The molecule has 1 amide bonds. The van der Waals surface area contributed by atoms with Gasteiger partial charge in [0.25, 0.3) is 5.91 Å². The number of amides is 1. The zero-order chi connectivity index (χ0) is 16.0. The number of carbonyl (C=O) groups is 1. The average Bonchev–Trinajstić information content (AvgIpc) is 3.04. The molecule has 0 spiro atoms. The molecular formula is C17H22N4O2. The highest BCUT2D eigenvalue weighted by Crippen LogP contribution is 2.31. The third-order valence-electron chi connectivity index (χ3n) is 5.41. The minimum Gasteiger partial charge on any atom is -0.497 e. The van der Waals surface area contributed by atoms with E-state index in [9.17, 15) is 4.79 Å². The molecule has 0 aliphatic carbocycles. The van der Waals surface area contributed by atoms with Gasteiger partial charge in [0, 0.05) is 25.0 Å². The van der Waals surface area contributed by atoms with Gasteiger partial charge in [0.2, 0.25) is 0 Å². The van der Waals surface area contributed by atoms with E-state index in [-0.39, 0.29) is 5.91 Å². The lowest BCUT2D eigenvalue weighted by Gasteiger charge is -2.47. The molecule has 4 heterocycles. The van der Waals surface area contributed by atoms with E-state index < -0.39 is 0 Å². The molecule has 3 fully saturated rings. The van der Waals surface area contributed by atoms with E-state index in [4.69, 9.17) is 4.74 Å². The first-order valence-electron chi connectivity index (χ1n) is 8.19. The van der Waals surface area contributed by atoms with Crippen molar-refractivity contribution < 1.29 is 9.53 Å². The topological polar surface area (TPSA) is 61.5 Å². The number of aromatic nitrogens is 2. The molecule has 1 aromatic carbocycles. The second-order valence-corrected chi connectivity index (χ2v) is 6.61. The number of hydrogen-bond acceptors (Lipinski definition) is 4. The molecule has 3 aliphatic heterocycles. The van der Waals surface area contributed by atoms with Crippen LogP contribution in [0.25, 0.3) is 10.9 Å².